The van der Waals surface area contributed by atoms with E-state index in [9.17, 15) is 13.2 Å². The molecule has 0 heterocycles. The maximum absolute atomic E-state index is 12.9. The van der Waals surface area contributed by atoms with Crippen molar-refractivity contribution in [2.45, 2.75) is 75.0 Å². The first-order valence-corrected chi connectivity index (χ1v) is 9.98. The van der Waals surface area contributed by atoms with Gasteiger partial charge in [0.15, 0.2) is 9.84 Å². The van der Waals surface area contributed by atoms with Crippen LogP contribution in [0.1, 0.15) is 57.4 Å². The lowest BCUT2D eigenvalue weighted by Gasteiger charge is -2.21. The minimum Gasteiger partial charge on any atom is -0.462 e. The van der Waals surface area contributed by atoms with E-state index in [4.69, 9.17) is 4.74 Å². The molecule has 5 heteroatoms. The summed E-state index contributed by atoms with van der Waals surface area (Å²) in [6.45, 7) is 3.87. The molecule has 0 spiro atoms. The second kappa shape index (κ2) is 7.95. The van der Waals surface area contributed by atoms with Crippen LogP contribution in [0.5, 0.6) is 0 Å². The summed E-state index contributed by atoms with van der Waals surface area (Å²) in [5.41, 5.74) is 1.04. The fourth-order valence-electron chi connectivity index (χ4n) is 3.03. The molecule has 23 heavy (non-hydrogen) atoms. The quantitative estimate of drug-likeness (QED) is 0.605. The minimum absolute atomic E-state index is 0.217. The Labute approximate surface area is 139 Å². The van der Waals surface area contributed by atoms with Gasteiger partial charge in [0.25, 0.3) is 0 Å². The predicted molar refractivity (Wildman–Crippen MR) is 90.0 cm³/mol. The number of sulfone groups is 1. The molecule has 0 radical (unpaired) electrons. The Morgan fingerprint density at radius 3 is 2.48 bits per heavy atom. The fourth-order valence-corrected chi connectivity index (χ4v) is 4.88. The van der Waals surface area contributed by atoms with Crippen LogP contribution in [-0.2, 0) is 19.4 Å². The van der Waals surface area contributed by atoms with E-state index in [-0.39, 0.29) is 12.1 Å². The molecule has 0 saturated heterocycles. The summed E-state index contributed by atoms with van der Waals surface area (Å²) in [5.74, 6) is -0.217. The first-order chi connectivity index (χ1) is 10.9. The van der Waals surface area contributed by atoms with Crippen LogP contribution in [0.25, 0.3) is 0 Å². The highest BCUT2D eigenvalue weighted by molar-refractivity contribution is 7.92. The second-order valence-electron chi connectivity index (χ2n) is 6.36. The van der Waals surface area contributed by atoms with Crippen molar-refractivity contribution in [1.82, 2.24) is 0 Å². The van der Waals surface area contributed by atoms with Crippen LogP contribution in [0, 0.1) is 6.92 Å². The molecule has 2 rings (SSSR count). The molecule has 0 bridgehead atoms. The van der Waals surface area contributed by atoms with Gasteiger partial charge < -0.3 is 4.74 Å². The van der Waals surface area contributed by atoms with E-state index in [1.807, 2.05) is 26.0 Å². The number of hydrogen-bond acceptors (Lipinski definition) is 4. The van der Waals surface area contributed by atoms with Crippen molar-refractivity contribution in [2.24, 2.45) is 0 Å². The van der Waals surface area contributed by atoms with Gasteiger partial charge in [-0.25, -0.2) is 8.42 Å². The van der Waals surface area contributed by atoms with E-state index in [1.165, 1.54) is 0 Å². The Kier molecular flexibility index (Phi) is 6.22. The molecule has 0 unspecified atom stereocenters. The number of hydrogen-bond donors (Lipinski definition) is 0. The van der Waals surface area contributed by atoms with Gasteiger partial charge in [-0.2, -0.15) is 0 Å². The van der Waals surface area contributed by atoms with Crippen molar-refractivity contribution >= 4 is 15.8 Å². The van der Waals surface area contributed by atoms with Crippen molar-refractivity contribution in [2.75, 3.05) is 0 Å². The van der Waals surface area contributed by atoms with Crippen molar-refractivity contribution in [3.63, 3.8) is 0 Å². The van der Waals surface area contributed by atoms with Crippen LogP contribution in [0.15, 0.2) is 29.2 Å². The number of ether oxygens (including phenoxy) is 1. The fraction of sp³-hybridized carbons (Fsp3) is 0.611. The van der Waals surface area contributed by atoms with Crippen LogP contribution in [0.3, 0.4) is 0 Å². The van der Waals surface area contributed by atoms with Gasteiger partial charge in [0.1, 0.15) is 6.10 Å². The van der Waals surface area contributed by atoms with Gasteiger partial charge in [0.05, 0.1) is 10.1 Å². The van der Waals surface area contributed by atoms with E-state index < -0.39 is 15.1 Å². The summed E-state index contributed by atoms with van der Waals surface area (Å²) in [6.07, 6.45) is 4.44. The Hall–Kier alpha value is -1.36. The molecule has 128 valence electrons. The molecule has 0 aliphatic heterocycles. The van der Waals surface area contributed by atoms with Crippen molar-refractivity contribution in [3.8, 4) is 0 Å². The normalized spacial score (nSPS) is 22.3. The first kappa shape index (κ1) is 18.0. The highest BCUT2D eigenvalue weighted by atomic mass is 32.2. The standard InChI is InChI=1S/C18H26O4S/c1-3-6-18(19)22-15-7-4-5-8-17(13-15)23(20,21)16-11-9-14(2)10-12-16/h9-12,15,17H,3-8,13H2,1-2H3/t15-,17-/m0/s1. The van der Waals surface area contributed by atoms with E-state index in [0.717, 1.165) is 31.2 Å². The molecule has 0 amide bonds. The SMILES string of the molecule is CCCC(=O)O[C@H]1CCCC[C@H](S(=O)(=O)c2ccc(C)cc2)C1. The van der Waals surface area contributed by atoms with Gasteiger partial charge in [0, 0.05) is 12.8 Å². The zero-order valence-corrected chi connectivity index (χ0v) is 14.8. The van der Waals surface area contributed by atoms with Gasteiger partial charge in [-0.05, 0) is 44.7 Å². The van der Waals surface area contributed by atoms with Crippen LogP contribution in [0.4, 0.5) is 0 Å². The zero-order chi connectivity index (χ0) is 16.9. The van der Waals surface area contributed by atoms with Crippen LogP contribution >= 0.6 is 0 Å². The average Bonchev–Trinajstić information content (AvgIpc) is 2.74. The van der Waals surface area contributed by atoms with E-state index in [2.05, 4.69) is 0 Å². The third-order valence-electron chi connectivity index (χ3n) is 4.37. The highest BCUT2D eigenvalue weighted by Crippen LogP contribution is 2.29. The second-order valence-corrected chi connectivity index (χ2v) is 8.59. The van der Waals surface area contributed by atoms with E-state index in [1.54, 1.807) is 12.1 Å². The van der Waals surface area contributed by atoms with Crippen LogP contribution in [0.2, 0.25) is 0 Å². The summed E-state index contributed by atoms with van der Waals surface area (Å²) in [5, 5.41) is -0.466. The maximum atomic E-state index is 12.9. The summed E-state index contributed by atoms with van der Waals surface area (Å²) in [7, 11) is -3.37. The van der Waals surface area contributed by atoms with Gasteiger partial charge in [-0.3, -0.25) is 4.79 Å². The van der Waals surface area contributed by atoms with Crippen molar-refractivity contribution < 1.29 is 17.9 Å². The maximum Gasteiger partial charge on any atom is 0.306 e. The van der Waals surface area contributed by atoms with Gasteiger partial charge in [-0.1, -0.05) is 31.0 Å². The van der Waals surface area contributed by atoms with Crippen LogP contribution < -0.4 is 0 Å². The lowest BCUT2D eigenvalue weighted by atomic mass is 10.1. The Balaban J connectivity index is 2.13. The molecule has 1 saturated carbocycles. The molecule has 1 aliphatic rings. The number of esters is 1. The number of carbonyl (C=O) groups is 1. The summed E-state index contributed by atoms with van der Waals surface area (Å²) < 4.78 is 31.2. The molecular formula is C18H26O4S. The van der Waals surface area contributed by atoms with Gasteiger partial charge in [0.2, 0.25) is 0 Å². The highest BCUT2D eigenvalue weighted by Gasteiger charge is 2.32. The monoisotopic (exact) mass is 338 g/mol. The van der Waals surface area contributed by atoms with Gasteiger partial charge in [-0.15, -0.1) is 0 Å². The molecule has 1 aromatic carbocycles. The molecule has 4 nitrogen and oxygen atoms in total. The topological polar surface area (TPSA) is 60.4 Å². The van der Waals surface area contributed by atoms with Crippen molar-refractivity contribution in [1.29, 1.82) is 0 Å². The summed E-state index contributed by atoms with van der Waals surface area (Å²) in [4.78, 5) is 12.1. The molecular weight excluding hydrogens is 312 g/mol. The summed E-state index contributed by atoms with van der Waals surface area (Å²) in [6, 6.07) is 6.99. The smallest absolute Gasteiger partial charge is 0.306 e. The number of benzene rings is 1. The molecule has 1 aromatic rings. The molecule has 1 fully saturated rings. The minimum atomic E-state index is -3.37. The molecule has 0 aromatic heterocycles. The Bertz CT molecular complexity index is 619. The molecule has 2 atom stereocenters. The van der Waals surface area contributed by atoms with Crippen molar-refractivity contribution in [3.05, 3.63) is 29.8 Å². The van der Waals surface area contributed by atoms with E-state index in [0.29, 0.717) is 24.2 Å². The van der Waals surface area contributed by atoms with E-state index >= 15 is 0 Å². The van der Waals surface area contributed by atoms with Crippen LogP contribution in [-0.4, -0.2) is 25.7 Å². The lowest BCUT2D eigenvalue weighted by molar-refractivity contribution is -0.149. The zero-order valence-electron chi connectivity index (χ0n) is 14.0. The number of rotatable bonds is 5. The average molecular weight is 338 g/mol. The lowest BCUT2D eigenvalue weighted by Crippen LogP contribution is -2.27. The third kappa shape index (κ3) is 4.80. The molecule has 0 N–H and O–H groups in total. The third-order valence-corrected chi connectivity index (χ3v) is 6.60. The largest absolute Gasteiger partial charge is 0.462 e. The molecule has 1 aliphatic carbocycles. The first-order valence-electron chi connectivity index (χ1n) is 8.43. The number of aryl methyl sites for hydroxylation is 1. The Morgan fingerprint density at radius 1 is 1.17 bits per heavy atom. The van der Waals surface area contributed by atoms with Gasteiger partial charge >= 0.3 is 5.97 Å². The predicted octanol–water partition coefficient (Wildman–Crippen LogP) is 3.81. The summed E-state index contributed by atoms with van der Waals surface area (Å²) >= 11 is 0. The Morgan fingerprint density at radius 2 is 1.83 bits per heavy atom. The number of carbonyl (C=O) groups excluding carboxylic acids is 1.